The Morgan fingerprint density at radius 1 is 0.727 bits per heavy atom. The van der Waals surface area contributed by atoms with Crippen molar-refractivity contribution in [2.45, 2.75) is 32.6 Å². The first-order valence-electron chi connectivity index (χ1n) is 14.4. The lowest BCUT2D eigenvalue weighted by Gasteiger charge is -2.09. The lowest BCUT2D eigenvalue weighted by Crippen LogP contribution is -2.11. The molecule has 230 valence electrons. The Morgan fingerprint density at radius 2 is 1.25 bits per heavy atom. The van der Waals surface area contributed by atoms with Crippen molar-refractivity contribution >= 4 is 35.4 Å². The van der Waals surface area contributed by atoms with Crippen LogP contribution in [0.3, 0.4) is 0 Å². The minimum Gasteiger partial charge on any atom is -0.494 e. The maximum absolute atomic E-state index is 12.8. The molecule has 0 saturated heterocycles. The lowest BCUT2D eigenvalue weighted by atomic mass is 10.1. The number of rotatable bonds is 18. The Hall–Kier alpha value is -5.18. The molecule has 0 unspecified atom stereocenters. The number of aryl methyl sites for hydroxylation is 1. The molecular weight excluding hydrogens is 560 g/mol. The van der Waals surface area contributed by atoms with E-state index in [1.165, 1.54) is 0 Å². The average molecular weight is 599 g/mol. The molecule has 3 aromatic rings. The predicted molar refractivity (Wildman–Crippen MR) is 171 cm³/mol. The molecule has 0 aromatic heterocycles. The van der Waals surface area contributed by atoms with Crippen molar-refractivity contribution in [3.8, 4) is 11.5 Å². The van der Waals surface area contributed by atoms with Crippen LogP contribution in [0.1, 0.15) is 47.2 Å². The van der Waals surface area contributed by atoms with E-state index in [1.807, 2.05) is 49.4 Å². The van der Waals surface area contributed by atoms with Crippen LogP contribution >= 0.6 is 0 Å². The van der Waals surface area contributed by atoms with Gasteiger partial charge in [-0.05, 0) is 110 Å². The van der Waals surface area contributed by atoms with Crippen molar-refractivity contribution in [2.75, 3.05) is 31.7 Å². The molecule has 1 N–H and O–H groups in total. The summed E-state index contributed by atoms with van der Waals surface area (Å²) in [4.78, 5) is 39.4. The standard InChI is InChI=1S/C35H38N2O7/c1-4-33(38)43-22-8-6-20-41-30-15-10-27(11-16-30)25-36-32-19-14-29(24-26(32)3)37-35(40)28-12-17-31(18-13-28)42-21-7-9-23-44-34(39)5-2/h4-5,10-19,24-25H,1-2,6-9,20-23H2,3H3,(H,37,40). The van der Waals surface area contributed by atoms with Gasteiger partial charge in [-0.15, -0.1) is 0 Å². The van der Waals surface area contributed by atoms with Gasteiger partial charge in [-0.2, -0.15) is 0 Å². The largest absolute Gasteiger partial charge is 0.494 e. The van der Waals surface area contributed by atoms with Gasteiger partial charge in [-0.1, -0.05) is 13.2 Å². The van der Waals surface area contributed by atoms with Crippen LogP contribution in [0.2, 0.25) is 0 Å². The summed E-state index contributed by atoms with van der Waals surface area (Å²) < 4.78 is 21.3. The van der Waals surface area contributed by atoms with E-state index in [4.69, 9.17) is 18.9 Å². The van der Waals surface area contributed by atoms with Gasteiger partial charge in [0, 0.05) is 29.6 Å². The van der Waals surface area contributed by atoms with Gasteiger partial charge >= 0.3 is 11.9 Å². The van der Waals surface area contributed by atoms with Crippen LogP contribution in [-0.2, 0) is 19.1 Å². The number of benzene rings is 3. The quantitative estimate of drug-likeness (QED) is 0.0744. The Kier molecular flexibility index (Phi) is 13.9. The molecule has 9 heteroatoms. The van der Waals surface area contributed by atoms with Gasteiger partial charge in [-0.25, -0.2) is 9.59 Å². The van der Waals surface area contributed by atoms with Gasteiger partial charge in [0.05, 0.1) is 32.1 Å². The molecule has 0 heterocycles. The number of esters is 2. The molecule has 0 aliphatic rings. The Bertz CT molecular complexity index is 1430. The van der Waals surface area contributed by atoms with Gasteiger partial charge in [0.2, 0.25) is 0 Å². The van der Waals surface area contributed by atoms with Crippen LogP contribution < -0.4 is 14.8 Å². The third-order valence-corrected chi connectivity index (χ3v) is 6.24. The third-order valence-electron chi connectivity index (χ3n) is 6.24. The second-order valence-electron chi connectivity index (χ2n) is 9.66. The van der Waals surface area contributed by atoms with E-state index in [-0.39, 0.29) is 5.91 Å². The van der Waals surface area contributed by atoms with Crippen LogP contribution in [0.25, 0.3) is 0 Å². The van der Waals surface area contributed by atoms with E-state index in [1.54, 1.807) is 30.5 Å². The maximum Gasteiger partial charge on any atom is 0.330 e. The fraction of sp³-hybridized carbons (Fsp3) is 0.257. The van der Waals surface area contributed by atoms with Crippen LogP contribution in [0.15, 0.2) is 97.0 Å². The zero-order chi connectivity index (χ0) is 31.6. The average Bonchev–Trinajstić information content (AvgIpc) is 3.04. The van der Waals surface area contributed by atoms with E-state index >= 15 is 0 Å². The van der Waals surface area contributed by atoms with E-state index in [0.29, 0.717) is 49.8 Å². The number of hydrogen-bond donors (Lipinski definition) is 1. The van der Waals surface area contributed by atoms with Crippen molar-refractivity contribution in [1.82, 2.24) is 0 Å². The summed E-state index contributed by atoms with van der Waals surface area (Å²) in [5.41, 5.74) is 3.81. The van der Waals surface area contributed by atoms with Gasteiger partial charge < -0.3 is 24.3 Å². The first-order chi connectivity index (χ1) is 21.4. The topological polar surface area (TPSA) is 113 Å². The molecule has 3 rings (SSSR count). The first kappa shape index (κ1) is 33.3. The van der Waals surface area contributed by atoms with Crippen molar-refractivity contribution in [3.05, 3.63) is 109 Å². The molecule has 0 fully saturated rings. The maximum atomic E-state index is 12.8. The van der Waals surface area contributed by atoms with Crippen LogP contribution in [0, 0.1) is 6.92 Å². The molecule has 9 nitrogen and oxygen atoms in total. The highest BCUT2D eigenvalue weighted by atomic mass is 16.5. The number of nitrogens with zero attached hydrogens (tertiary/aromatic N) is 1. The second kappa shape index (κ2) is 18.4. The first-order valence-corrected chi connectivity index (χ1v) is 14.4. The Morgan fingerprint density at radius 3 is 1.77 bits per heavy atom. The summed E-state index contributed by atoms with van der Waals surface area (Å²) in [6, 6.07) is 20.1. The third kappa shape index (κ3) is 12.0. The number of carbonyl (C=O) groups is 3. The summed E-state index contributed by atoms with van der Waals surface area (Å²) in [5, 5.41) is 2.92. The van der Waals surface area contributed by atoms with Crippen molar-refractivity contribution < 1.29 is 33.3 Å². The normalized spacial score (nSPS) is 10.6. The number of amides is 1. The molecule has 0 aliphatic carbocycles. The zero-order valence-electron chi connectivity index (χ0n) is 25.0. The van der Waals surface area contributed by atoms with E-state index < -0.39 is 11.9 Å². The molecule has 0 radical (unpaired) electrons. The number of anilines is 1. The molecule has 0 atom stereocenters. The highest BCUT2D eigenvalue weighted by molar-refractivity contribution is 6.04. The number of carbonyl (C=O) groups excluding carboxylic acids is 3. The predicted octanol–water partition coefficient (Wildman–Crippen LogP) is 6.77. The van der Waals surface area contributed by atoms with Gasteiger partial charge in [-0.3, -0.25) is 9.79 Å². The second-order valence-corrected chi connectivity index (χ2v) is 9.66. The molecule has 0 bridgehead atoms. The highest BCUT2D eigenvalue weighted by Gasteiger charge is 2.08. The van der Waals surface area contributed by atoms with E-state index in [9.17, 15) is 14.4 Å². The molecule has 1 amide bonds. The minimum atomic E-state index is -0.430. The fourth-order valence-corrected chi connectivity index (χ4v) is 3.83. The van der Waals surface area contributed by atoms with E-state index in [0.717, 1.165) is 54.0 Å². The van der Waals surface area contributed by atoms with Crippen molar-refractivity contribution in [3.63, 3.8) is 0 Å². The van der Waals surface area contributed by atoms with Crippen LogP contribution in [-0.4, -0.2) is 50.5 Å². The smallest absolute Gasteiger partial charge is 0.330 e. The Balaban J connectivity index is 1.41. The van der Waals surface area contributed by atoms with E-state index in [2.05, 4.69) is 23.5 Å². The molecule has 3 aromatic carbocycles. The molecule has 0 spiro atoms. The van der Waals surface area contributed by atoms with Crippen molar-refractivity contribution in [1.29, 1.82) is 0 Å². The van der Waals surface area contributed by atoms with Gasteiger partial charge in [0.25, 0.3) is 5.91 Å². The number of hydrogen-bond acceptors (Lipinski definition) is 8. The molecule has 0 aliphatic heterocycles. The summed E-state index contributed by atoms with van der Waals surface area (Å²) >= 11 is 0. The highest BCUT2D eigenvalue weighted by Crippen LogP contribution is 2.23. The van der Waals surface area contributed by atoms with Gasteiger partial charge in [0.15, 0.2) is 0 Å². The lowest BCUT2D eigenvalue weighted by molar-refractivity contribution is -0.138. The molecule has 0 saturated carbocycles. The monoisotopic (exact) mass is 598 g/mol. The van der Waals surface area contributed by atoms with Crippen LogP contribution in [0.4, 0.5) is 11.4 Å². The SMILES string of the molecule is C=CC(=O)OCCCCOc1ccc(C=Nc2ccc(NC(=O)c3ccc(OCCCCOC(=O)C=C)cc3)cc2C)cc1. The minimum absolute atomic E-state index is 0.227. The summed E-state index contributed by atoms with van der Waals surface area (Å²) in [6.45, 7) is 10.3. The summed E-state index contributed by atoms with van der Waals surface area (Å²) in [6.07, 6.45) is 6.97. The molecule has 44 heavy (non-hydrogen) atoms. The van der Waals surface area contributed by atoms with Crippen molar-refractivity contribution in [2.24, 2.45) is 4.99 Å². The summed E-state index contributed by atoms with van der Waals surface area (Å²) in [5.74, 6) is 0.340. The molecular formula is C35H38N2O7. The number of nitrogens with one attached hydrogen (secondary N) is 1. The zero-order valence-corrected chi connectivity index (χ0v) is 25.0. The van der Waals surface area contributed by atoms with Gasteiger partial charge in [0.1, 0.15) is 11.5 Å². The number of ether oxygens (including phenoxy) is 4. The van der Waals surface area contributed by atoms with Crippen LogP contribution in [0.5, 0.6) is 11.5 Å². The number of aliphatic imine (C=N–C) groups is 1. The number of unbranched alkanes of at least 4 members (excludes halogenated alkanes) is 2. The summed E-state index contributed by atoms with van der Waals surface area (Å²) in [7, 11) is 0. The Labute approximate surface area is 258 Å². The fourth-order valence-electron chi connectivity index (χ4n) is 3.83.